The van der Waals surface area contributed by atoms with Crippen molar-refractivity contribution >= 4 is 16.9 Å². The predicted octanol–water partition coefficient (Wildman–Crippen LogP) is 2.03. The minimum absolute atomic E-state index is 0.150. The Bertz CT molecular complexity index is 688. The second-order valence-electron chi connectivity index (χ2n) is 4.30. The third-order valence-electron chi connectivity index (χ3n) is 2.88. The largest absolute Gasteiger partial charge is 0.491 e. The highest BCUT2D eigenvalue weighted by molar-refractivity contribution is 5.96. The molecular formula is C14H15NO4. The van der Waals surface area contributed by atoms with Crippen LogP contribution in [-0.2, 0) is 7.05 Å². The molecule has 0 fully saturated rings. The highest BCUT2D eigenvalue weighted by atomic mass is 16.5. The van der Waals surface area contributed by atoms with Crippen LogP contribution in [0.5, 0.6) is 5.75 Å². The second kappa shape index (κ2) is 5.14. The van der Waals surface area contributed by atoms with E-state index in [1.807, 2.05) is 6.92 Å². The Balaban J connectivity index is 2.75. The molecule has 0 atom stereocenters. The number of benzene rings is 1. The van der Waals surface area contributed by atoms with Gasteiger partial charge in [-0.3, -0.25) is 4.79 Å². The third kappa shape index (κ3) is 2.45. The van der Waals surface area contributed by atoms with Crippen LogP contribution in [0.3, 0.4) is 0 Å². The van der Waals surface area contributed by atoms with Gasteiger partial charge in [0.25, 0.3) is 5.56 Å². The number of ether oxygens (including phenoxy) is 1. The standard InChI is InChI=1S/C14H15NO4/c1-3-6-19-11-8-10(14(17)18)7-9-4-5-12(16)15(2)13(9)11/h4-5,7-8H,3,6H2,1-2H3,(H,17,18). The molecule has 0 aliphatic heterocycles. The molecule has 5 heteroatoms. The lowest BCUT2D eigenvalue weighted by Crippen LogP contribution is -2.16. The van der Waals surface area contributed by atoms with Crippen LogP contribution in [0.1, 0.15) is 23.7 Å². The van der Waals surface area contributed by atoms with Gasteiger partial charge >= 0.3 is 5.97 Å². The smallest absolute Gasteiger partial charge is 0.335 e. The maximum Gasteiger partial charge on any atom is 0.335 e. The number of carbonyl (C=O) groups is 1. The summed E-state index contributed by atoms with van der Waals surface area (Å²) in [6, 6.07) is 6.02. The fourth-order valence-electron chi connectivity index (χ4n) is 1.94. The number of pyridine rings is 1. The normalized spacial score (nSPS) is 10.6. The number of hydrogen-bond acceptors (Lipinski definition) is 3. The summed E-state index contributed by atoms with van der Waals surface area (Å²) in [7, 11) is 1.64. The second-order valence-corrected chi connectivity index (χ2v) is 4.30. The fourth-order valence-corrected chi connectivity index (χ4v) is 1.94. The quantitative estimate of drug-likeness (QED) is 0.914. The van der Waals surface area contributed by atoms with Gasteiger partial charge in [0.2, 0.25) is 0 Å². The van der Waals surface area contributed by atoms with Crippen molar-refractivity contribution in [2.24, 2.45) is 7.05 Å². The van der Waals surface area contributed by atoms with E-state index in [9.17, 15) is 9.59 Å². The van der Waals surface area contributed by atoms with Gasteiger partial charge in [-0.1, -0.05) is 6.92 Å². The molecule has 5 nitrogen and oxygen atoms in total. The zero-order chi connectivity index (χ0) is 14.0. The van der Waals surface area contributed by atoms with Crippen LogP contribution < -0.4 is 10.3 Å². The van der Waals surface area contributed by atoms with Crippen molar-refractivity contribution in [2.45, 2.75) is 13.3 Å². The summed E-state index contributed by atoms with van der Waals surface area (Å²) in [5, 5.41) is 9.77. The topological polar surface area (TPSA) is 68.5 Å². The fraction of sp³-hybridized carbons (Fsp3) is 0.286. The molecule has 0 aliphatic rings. The number of aromatic carboxylic acids is 1. The summed E-state index contributed by atoms with van der Waals surface area (Å²) in [6.45, 7) is 2.43. The molecule has 0 unspecified atom stereocenters. The van der Waals surface area contributed by atoms with Gasteiger partial charge in [0, 0.05) is 18.5 Å². The number of hydrogen-bond donors (Lipinski definition) is 1. The van der Waals surface area contributed by atoms with E-state index in [0.717, 1.165) is 6.42 Å². The van der Waals surface area contributed by atoms with Gasteiger partial charge in [-0.2, -0.15) is 0 Å². The van der Waals surface area contributed by atoms with Crippen molar-refractivity contribution in [1.29, 1.82) is 0 Å². The summed E-state index contributed by atoms with van der Waals surface area (Å²) in [6.07, 6.45) is 0.805. The molecule has 0 bridgehead atoms. The number of aryl methyl sites for hydroxylation is 1. The average Bonchev–Trinajstić information content (AvgIpc) is 2.39. The van der Waals surface area contributed by atoms with E-state index < -0.39 is 5.97 Å². The van der Waals surface area contributed by atoms with E-state index >= 15 is 0 Å². The molecule has 0 saturated heterocycles. The molecular weight excluding hydrogens is 246 g/mol. The molecule has 1 N–H and O–H groups in total. The third-order valence-corrected chi connectivity index (χ3v) is 2.88. The van der Waals surface area contributed by atoms with Crippen LogP contribution in [0.25, 0.3) is 10.9 Å². The summed E-state index contributed by atoms with van der Waals surface area (Å²) >= 11 is 0. The zero-order valence-electron chi connectivity index (χ0n) is 10.8. The Morgan fingerprint density at radius 3 is 2.74 bits per heavy atom. The van der Waals surface area contributed by atoms with E-state index in [-0.39, 0.29) is 11.1 Å². The van der Waals surface area contributed by atoms with Crippen LogP contribution in [0.2, 0.25) is 0 Å². The molecule has 1 aromatic carbocycles. The number of carboxylic acid groups (broad SMARTS) is 1. The van der Waals surface area contributed by atoms with E-state index in [1.165, 1.54) is 22.8 Å². The minimum Gasteiger partial charge on any atom is -0.491 e. The highest BCUT2D eigenvalue weighted by Gasteiger charge is 2.12. The molecule has 1 heterocycles. The number of carboxylic acids is 1. The van der Waals surface area contributed by atoms with Crippen molar-refractivity contribution in [1.82, 2.24) is 4.57 Å². The number of fused-ring (bicyclic) bond motifs is 1. The van der Waals surface area contributed by atoms with Crippen LogP contribution in [0, 0.1) is 0 Å². The molecule has 0 saturated carbocycles. The maximum atomic E-state index is 11.7. The lowest BCUT2D eigenvalue weighted by atomic mass is 10.1. The monoisotopic (exact) mass is 261 g/mol. The van der Waals surface area contributed by atoms with Crippen LogP contribution in [0.15, 0.2) is 29.1 Å². The minimum atomic E-state index is -1.02. The maximum absolute atomic E-state index is 11.7. The van der Waals surface area contributed by atoms with Crippen LogP contribution >= 0.6 is 0 Å². The molecule has 2 aromatic rings. The zero-order valence-corrected chi connectivity index (χ0v) is 10.8. The first-order chi connectivity index (χ1) is 9.04. The summed E-state index contributed by atoms with van der Waals surface area (Å²) in [5.74, 6) is -0.589. The first kappa shape index (κ1) is 13.1. The van der Waals surface area contributed by atoms with Crippen LogP contribution in [0.4, 0.5) is 0 Å². The van der Waals surface area contributed by atoms with E-state index in [2.05, 4.69) is 0 Å². The van der Waals surface area contributed by atoms with Crippen molar-refractivity contribution in [3.63, 3.8) is 0 Å². The summed E-state index contributed by atoms with van der Waals surface area (Å²) in [5.41, 5.74) is 0.611. The number of aromatic nitrogens is 1. The molecule has 19 heavy (non-hydrogen) atoms. The van der Waals surface area contributed by atoms with Gasteiger partial charge in [0.1, 0.15) is 5.75 Å². The first-order valence-corrected chi connectivity index (χ1v) is 6.04. The SMILES string of the molecule is CCCOc1cc(C(=O)O)cc2ccc(=O)n(C)c12. The van der Waals surface area contributed by atoms with Gasteiger partial charge in [-0.25, -0.2) is 4.79 Å². The number of nitrogens with zero attached hydrogens (tertiary/aromatic N) is 1. The molecule has 0 aliphatic carbocycles. The van der Waals surface area contributed by atoms with Gasteiger partial charge < -0.3 is 14.4 Å². The Hall–Kier alpha value is -2.30. The van der Waals surface area contributed by atoms with Gasteiger partial charge in [0.05, 0.1) is 17.7 Å². The van der Waals surface area contributed by atoms with Gasteiger partial charge in [0.15, 0.2) is 0 Å². The molecule has 1 aromatic heterocycles. The van der Waals surface area contributed by atoms with Crippen molar-refractivity contribution in [3.8, 4) is 5.75 Å². The molecule has 100 valence electrons. The van der Waals surface area contributed by atoms with Gasteiger partial charge in [-0.15, -0.1) is 0 Å². The number of rotatable bonds is 4. The molecule has 0 radical (unpaired) electrons. The Kier molecular flexibility index (Phi) is 3.55. The average molecular weight is 261 g/mol. The Labute approximate surface area is 110 Å². The lowest BCUT2D eigenvalue weighted by molar-refractivity contribution is 0.0696. The molecule has 2 rings (SSSR count). The Morgan fingerprint density at radius 2 is 2.11 bits per heavy atom. The van der Waals surface area contributed by atoms with Crippen LogP contribution in [-0.4, -0.2) is 22.2 Å². The van der Waals surface area contributed by atoms with Crippen molar-refractivity contribution in [2.75, 3.05) is 6.61 Å². The molecule has 0 spiro atoms. The summed E-state index contributed by atoms with van der Waals surface area (Å²) < 4.78 is 7.04. The van der Waals surface area contributed by atoms with E-state index in [4.69, 9.17) is 9.84 Å². The predicted molar refractivity (Wildman–Crippen MR) is 71.9 cm³/mol. The first-order valence-electron chi connectivity index (χ1n) is 6.04. The molecule has 0 amide bonds. The highest BCUT2D eigenvalue weighted by Crippen LogP contribution is 2.26. The van der Waals surface area contributed by atoms with Gasteiger partial charge in [-0.05, 0) is 24.6 Å². The van der Waals surface area contributed by atoms with Crippen molar-refractivity contribution < 1.29 is 14.6 Å². The summed E-state index contributed by atoms with van der Waals surface area (Å²) in [4.78, 5) is 22.8. The van der Waals surface area contributed by atoms with Crippen molar-refractivity contribution in [3.05, 3.63) is 40.2 Å². The van der Waals surface area contributed by atoms with E-state index in [0.29, 0.717) is 23.3 Å². The van der Waals surface area contributed by atoms with E-state index in [1.54, 1.807) is 13.1 Å². The lowest BCUT2D eigenvalue weighted by Gasteiger charge is -2.12. The Morgan fingerprint density at radius 1 is 1.37 bits per heavy atom.